The number of nitrogens with one attached hydrogen (secondary N) is 1. The number of amides is 1. The topological polar surface area (TPSA) is 58.4 Å². The molecule has 110 valence electrons. The Balaban J connectivity index is 1.89. The smallest absolute Gasteiger partial charge is 0.238 e. The van der Waals surface area contributed by atoms with Gasteiger partial charge in [-0.15, -0.1) is 0 Å². The van der Waals surface area contributed by atoms with E-state index in [9.17, 15) is 9.18 Å². The first-order valence-electron chi connectivity index (χ1n) is 6.68. The van der Waals surface area contributed by atoms with Crippen LogP contribution in [0.2, 0.25) is 5.02 Å². The molecule has 2 rings (SSSR count). The first kappa shape index (κ1) is 15.2. The van der Waals surface area contributed by atoms with Gasteiger partial charge in [0.15, 0.2) is 0 Å². The second-order valence-electron chi connectivity index (χ2n) is 5.34. The standard InChI is InChI=1S/C14H19ClFN3O/c1-9-4-5-19(7-12(9)17)8-14(20)18-13-3-2-10(16)6-11(13)15/h2-3,6,9,12H,4-5,7-8,17H2,1H3,(H,18,20). The number of benzene rings is 1. The zero-order valence-electron chi connectivity index (χ0n) is 11.4. The monoisotopic (exact) mass is 299 g/mol. The predicted octanol–water partition coefficient (Wildman–Crippen LogP) is 2.09. The first-order chi connectivity index (χ1) is 9.45. The maximum Gasteiger partial charge on any atom is 0.238 e. The minimum absolute atomic E-state index is 0.103. The van der Waals surface area contributed by atoms with Gasteiger partial charge in [0.25, 0.3) is 0 Å². The lowest BCUT2D eigenvalue weighted by molar-refractivity contribution is -0.117. The molecule has 0 saturated carbocycles. The fourth-order valence-electron chi connectivity index (χ4n) is 2.30. The highest BCUT2D eigenvalue weighted by Crippen LogP contribution is 2.22. The number of hydrogen-bond donors (Lipinski definition) is 2. The van der Waals surface area contributed by atoms with Gasteiger partial charge >= 0.3 is 0 Å². The van der Waals surface area contributed by atoms with Gasteiger partial charge in [0.05, 0.1) is 17.3 Å². The van der Waals surface area contributed by atoms with Crippen LogP contribution in [0.5, 0.6) is 0 Å². The van der Waals surface area contributed by atoms with Crippen molar-refractivity contribution in [2.75, 3.05) is 25.0 Å². The summed E-state index contributed by atoms with van der Waals surface area (Å²) in [6.45, 7) is 3.97. The van der Waals surface area contributed by atoms with Gasteiger partial charge in [0, 0.05) is 12.6 Å². The molecule has 0 aliphatic carbocycles. The Morgan fingerprint density at radius 1 is 1.60 bits per heavy atom. The van der Waals surface area contributed by atoms with Crippen molar-refractivity contribution >= 4 is 23.2 Å². The van der Waals surface area contributed by atoms with E-state index in [0.717, 1.165) is 13.0 Å². The number of anilines is 1. The molecule has 1 aliphatic heterocycles. The van der Waals surface area contributed by atoms with Gasteiger partial charge < -0.3 is 11.1 Å². The van der Waals surface area contributed by atoms with Gasteiger partial charge in [-0.1, -0.05) is 18.5 Å². The van der Waals surface area contributed by atoms with E-state index >= 15 is 0 Å². The molecule has 4 nitrogen and oxygen atoms in total. The summed E-state index contributed by atoms with van der Waals surface area (Å²) in [6.07, 6.45) is 0.992. The summed E-state index contributed by atoms with van der Waals surface area (Å²) in [7, 11) is 0. The fraction of sp³-hybridized carbons (Fsp3) is 0.500. The van der Waals surface area contributed by atoms with E-state index in [2.05, 4.69) is 12.2 Å². The number of rotatable bonds is 3. The van der Waals surface area contributed by atoms with Gasteiger partial charge in [-0.05, 0) is 37.1 Å². The summed E-state index contributed by atoms with van der Waals surface area (Å²) in [4.78, 5) is 14.0. The highest BCUT2D eigenvalue weighted by Gasteiger charge is 2.24. The third kappa shape index (κ3) is 3.91. The summed E-state index contributed by atoms with van der Waals surface area (Å²) >= 11 is 5.87. The zero-order chi connectivity index (χ0) is 14.7. The van der Waals surface area contributed by atoms with Crippen LogP contribution in [0.1, 0.15) is 13.3 Å². The van der Waals surface area contributed by atoms with Crippen LogP contribution in [0.3, 0.4) is 0 Å². The van der Waals surface area contributed by atoms with Crippen molar-refractivity contribution in [1.29, 1.82) is 0 Å². The number of carbonyl (C=O) groups is 1. The van der Waals surface area contributed by atoms with Crippen LogP contribution in [0, 0.1) is 11.7 Å². The molecule has 1 aromatic carbocycles. The first-order valence-corrected chi connectivity index (χ1v) is 7.06. The van der Waals surface area contributed by atoms with Crippen molar-refractivity contribution < 1.29 is 9.18 Å². The van der Waals surface area contributed by atoms with Gasteiger partial charge in [-0.25, -0.2) is 4.39 Å². The summed E-state index contributed by atoms with van der Waals surface area (Å²) in [5, 5.41) is 2.89. The van der Waals surface area contributed by atoms with Crippen LogP contribution < -0.4 is 11.1 Å². The average Bonchev–Trinajstić information content (AvgIpc) is 2.37. The third-order valence-electron chi connectivity index (χ3n) is 3.67. The molecule has 2 atom stereocenters. The largest absolute Gasteiger partial charge is 0.326 e. The third-order valence-corrected chi connectivity index (χ3v) is 3.99. The number of piperidine rings is 1. The van der Waals surface area contributed by atoms with Crippen molar-refractivity contribution in [3.8, 4) is 0 Å². The van der Waals surface area contributed by atoms with Crippen LogP contribution in [0.4, 0.5) is 10.1 Å². The number of likely N-dealkylation sites (tertiary alicyclic amines) is 1. The van der Waals surface area contributed by atoms with Crippen LogP contribution in [-0.2, 0) is 4.79 Å². The molecule has 0 aromatic heterocycles. The Kier molecular flexibility index (Phi) is 4.96. The molecule has 20 heavy (non-hydrogen) atoms. The van der Waals surface area contributed by atoms with Gasteiger partial charge in [-0.3, -0.25) is 9.69 Å². The van der Waals surface area contributed by atoms with Gasteiger partial charge in [0.2, 0.25) is 5.91 Å². The maximum atomic E-state index is 12.9. The van der Waals surface area contributed by atoms with Crippen molar-refractivity contribution in [3.63, 3.8) is 0 Å². The van der Waals surface area contributed by atoms with Gasteiger partial charge in [0.1, 0.15) is 5.82 Å². The summed E-state index contributed by atoms with van der Waals surface area (Å²) < 4.78 is 12.9. The minimum Gasteiger partial charge on any atom is -0.326 e. The molecule has 0 bridgehead atoms. The molecule has 1 saturated heterocycles. The second-order valence-corrected chi connectivity index (χ2v) is 5.74. The Labute approximate surface area is 123 Å². The number of carbonyl (C=O) groups excluding carboxylic acids is 1. The molecular weight excluding hydrogens is 281 g/mol. The predicted molar refractivity (Wildman–Crippen MR) is 78.2 cm³/mol. The Hall–Kier alpha value is -1.17. The summed E-state index contributed by atoms with van der Waals surface area (Å²) in [6, 6.07) is 4.00. The lowest BCUT2D eigenvalue weighted by Crippen LogP contribution is -2.49. The summed E-state index contributed by atoms with van der Waals surface area (Å²) in [5.41, 5.74) is 6.43. The molecule has 2 unspecified atom stereocenters. The van der Waals surface area contributed by atoms with Crippen molar-refractivity contribution in [2.24, 2.45) is 11.7 Å². The van der Waals surface area contributed by atoms with Gasteiger partial charge in [-0.2, -0.15) is 0 Å². The Morgan fingerprint density at radius 3 is 3.00 bits per heavy atom. The van der Waals surface area contributed by atoms with Crippen LogP contribution >= 0.6 is 11.6 Å². The fourth-order valence-corrected chi connectivity index (χ4v) is 2.51. The van der Waals surface area contributed by atoms with Crippen molar-refractivity contribution in [3.05, 3.63) is 29.0 Å². The van der Waals surface area contributed by atoms with E-state index in [1.807, 2.05) is 4.90 Å². The van der Waals surface area contributed by atoms with E-state index in [1.54, 1.807) is 0 Å². The van der Waals surface area contributed by atoms with Crippen LogP contribution in [0.15, 0.2) is 18.2 Å². The second kappa shape index (κ2) is 6.52. The molecule has 1 aromatic rings. The Bertz CT molecular complexity index is 497. The molecule has 0 radical (unpaired) electrons. The Morgan fingerprint density at radius 2 is 2.35 bits per heavy atom. The van der Waals surface area contributed by atoms with E-state index < -0.39 is 5.82 Å². The number of halogens is 2. The van der Waals surface area contributed by atoms with Crippen molar-refractivity contribution in [1.82, 2.24) is 4.90 Å². The van der Waals surface area contributed by atoms with Crippen molar-refractivity contribution in [2.45, 2.75) is 19.4 Å². The lowest BCUT2D eigenvalue weighted by atomic mass is 9.94. The number of nitrogens with zero attached hydrogens (tertiary/aromatic N) is 1. The molecule has 1 amide bonds. The molecule has 1 fully saturated rings. The molecule has 0 spiro atoms. The van der Waals surface area contributed by atoms with Crippen LogP contribution in [-0.4, -0.2) is 36.5 Å². The molecule has 1 aliphatic rings. The SMILES string of the molecule is CC1CCN(CC(=O)Nc2ccc(F)cc2Cl)CC1N. The minimum atomic E-state index is -0.427. The van der Waals surface area contributed by atoms with E-state index in [-0.39, 0.29) is 23.5 Å². The normalized spacial score (nSPS) is 23.6. The molecule has 1 heterocycles. The number of hydrogen-bond acceptors (Lipinski definition) is 3. The van der Waals surface area contributed by atoms with Crippen LogP contribution in [0.25, 0.3) is 0 Å². The quantitative estimate of drug-likeness (QED) is 0.898. The lowest BCUT2D eigenvalue weighted by Gasteiger charge is -2.34. The molecular formula is C14H19ClFN3O. The van der Waals surface area contributed by atoms with E-state index in [0.29, 0.717) is 18.2 Å². The zero-order valence-corrected chi connectivity index (χ0v) is 12.2. The number of nitrogens with two attached hydrogens (primary N) is 1. The van der Waals surface area contributed by atoms with E-state index in [4.69, 9.17) is 17.3 Å². The maximum absolute atomic E-state index is 12.9. The highest BCUT2D eigenvalue weighted by atomic mass is 35.5. The highest BCUT2D eigenvalue weighted by molar-refractivity contribution is 6.33. The van der Waals surface area contributed by atoms with E-state index in [1.165, 1.54) is 18.2 Å². The molecule has 3 N–H and O–H groups in total. The molecule has 6 heteroatoms. The summed E-state index contributed by atoms with van der Waals surface area (Å²) in [5.74, 6) is -0.106. The average molecular weight is 300 g/mol.